The Hall–Kier alpha value is -0.170. The molecule has 6 heteroatoms. The zero-order chi connectivity index (χ0) is 10.2. The van der Waals surface area contributed by atoms with E-state index in [1.165, 1.54) is 22.6 Å². The first kappa shape index (κ1) is 10.9. The molecule has 0 aromatic heterocycles. The van der Waals surface area contributed by atoms with Crippen LogP contribution >= 0.6 is 34.2 Å². The molecule has 0 heterocycles. The molecule has 0 atom stereocenters. The Kier molecular flexibility index (Phi) is 2.96. The number of nitrogen functional groups attached to an aromatic ring is 1. The number of benzene rings is 1. The number of anilines is 1. The van der Waals surface area contributed by atoms with Gasteiger partial charge in [0.2, 0.25) is 0 Å². The molecule has 72 valence electrons. The van der Waals surface area contributed by atoms with Crippen molar-refractivity contribution in [3.05, 3.63) is 26.3 Å². The van der Waals surface area contributed by atoms with Crippen LogP contribution in [-0.4, -0.2) is 0 Å². The lowest BCUT2D eigenvalue weighted by molar-refractivity contribution is -0.138. The Morgan fingerprint density at radius 2 is 1.85 bits per heavy atom. The molecule has 0 aliphatic carbocycles. The standard InChI is InChI=1S/C7H4ClF3IN/c8-4-2-1-3(7(9,10)11)5(12)6(4)13/h1-2H,13H2. The van der Waals surface area contributed by atoms with Gasteiger partial charge in [-0.2, -0.15) is 13.2 Å². The van der Waals surface area contributed by atoms with E-state index in [0.29, 0.717) is 0 Å². The molecular formula is C7H4ClF3IN. The summed E-state index contributed by atoms with van der Waals surface area (Å²) >= 11 is 7.07. The molecule has 1 nitrogen and oxygen atoms in total. The van der Waals surface area contributed by atoms with Gasteiger partial charge in [0.15, 0.2) is 0 Å². The van der Waals surface area contributed by atoms with Crippen molar-refractivity contribution in [2.45, 2.75) is 6.18 Å². The highest BCUT2D eigenvalue weighted by atomic mass is 127. The lowest BCUT2D eigenvalue weighted by Gasteiger charge is -2.11. The van der Waals surface area contributed by atoms with Crippen LogP contribution in [0.25, 0.3) is 0 Å². The Bertz CT molecular complexity index is 337. The van der Waals surface area contributed by atoms with Crippen LogP contribution in [0, 0.1) is 3.57 Å². The minimum Gasteiger partial charge on any atom is -0.397 e. The van der Waals surface area contributed by atoms with Gasteiger partial charge < -0.3 is 5.73 Å². The molecule has 0 saturated carbocycles. The molecule has 0 aliphatic heterocycles. The number of rotatable bonds is 0. The highest BCUT2D eigenvalue weighted by Crippen LogP contribution is 2.37. The summed E-state index contributed by atoms with van der Waals surface area (Å²) in [6.07, 6.45) is -4.38. The summed E-state index contributed by atoms with van der Waals surface area (Å²) in [4.78, 5) is 0. The topological polar surface area (TPSA) is 26.0 Å². The van der Waals surface area contributed by atoms with E-state index in [9.17, 15) is 13.2 Å². The largest absolute Gasteiger partial charge is 0.417 e. The van der Waals surface area contributed by atoms with E-state index in [-0.39, 0.29) is 14.3 Å². The molecule has 1 aromatic carbocycles. The van der Waals surface area contributed by atoms with E-state index in [1.54, 1.807) is 0 Å². The minimum atomic E-state index is -4.38. The monoisotopic (exact) mass is 321 g/mol. The molecule has 13 heavy (non-hydrogen) atoms. The fraction of sp³-hybridized carbons (Fsp3) is 0.143. The predicted octanol–water partition coefficient (Wildman–Crippen LogP) is 3.55. The van der Waals surface area contributed by atoms with Crippen LogP contribution < -0.4 is 5.73 Å². The van der Waals surface area contributed by atoms with Gasteiger partial charge in [0.25, 0.3) is 0 Å². The zero-order valence-electron chi connectivity index (χ0n) is 6.12. The van der Waals surface area contributed by atoms with Crippen LogP contribution in [0.15, 0.2) is 12.1 Å². The average molecular weight is 321 g/mol. The number of hydrogen-bond donors (Lipinski definition) is 1. The van der Waals surface area contributed by atoms with E-state index < -0.39 is 11.7 Å². The fourth-order valence-electron chi connectivity index (χ4n) is 0.788. The second kappa shape index (κ2) is 3.53. The van der Waals surface area contributed by atoms with Crippen LogP contribution in [0.4, 0.5) is 18.9 Å². The Morgan fingerprint density at radius 3 is 2.31 bits per heavy atom. The van der Waals surface area contributed by atoms with Gasteiger partial charge in [0.05, 0.1) is 16.3 Å². The molecule has 2 N–H and O–H groups in total. The summed E-state index contributed by atoms with van der Waals surface area (Å²) in [7, 11) is 0. The van der Waals surface area contributed by atoms with E-state index in [1.807, 2.05) is 0 Å². The van der Waals surface area contributed by atoms with Gasteiger partial charge in [-0.15, -0.1) is 0 Å². The molecule has 0 amide bonds. The molecule has 0 fully saturated rings. The quantitative estimate of drug-likeness (QED) is 0.574. The molecule has 0 bridgehead atoms. The molecule has 0 unspecified atom stereocenters. The van der Waals surface area contributed by atoms with Crippen molar-refractivity contribution in [2.24, 2.45) is 0 Å². The van der Waals surface area contributed by atoms with Crippen molar-refractivity contribution in [1.29, 1.82) is 0 Å². The van der Waals surface area contributed by atoms with Crippen LogP contribution in [0.5, 0.6) is 0 Å². The average Bonchev–Trinajstić information content (AvgIpc) is 1.98. The summed E-state index contributed by atoms with van der Waals surface area (Å²) < 4.78 is 36.7. The highest BCUT2D eigenvalue weighted by molar-refractivity contribution is 14.1. The van der Waals surface area contributed by atoms with Crippen molar-refractivity contribution in [3.63, 3.8) is 0 Å². The summed E-state index contributed by atoms with van der Waals surface area (Å²) in [5, 5.41) is 0.136. The first-order valence-electron chi connectivity index (χ1n) is 3.14. The van der Waals surface area contributed by atoms with Gasteiger partial charge in [0.1, 0.15) is 0 Å². The van der Waals surface area contributed by atoms with Gasteiger partial charge >= 0.3 is 6.18 Å². The van der Waals surface area contributed by atoms with E-state index >= 15 is 0 Å². The second-order valence-corrected chi connectivity index (χ2v) is 3.81. The van der Waals surface area contributed by atoms with Crippen molar-refractivity contribution in [3.8, 4) is 0 Å². The van der Waals surface area contributed by atoms with E-state index in [4.69, 9.17) is 17.3 Å². The van der Waals surface area contributed by atoms with Crippen molar-refractivity contribution >= 4 is 39.9 Å². The van der Waals surface area contributed by atoms with Gasteiger partial charge in [-0.05, 0) is 34.7 Å². The van der Waals surface area contributed by atoms with Crippen molar-refractivity contribution in [1.82, 2.24) is 0 Å². The highest BCUT2D eigenvalue weighted by Gasteiger charge is 2.33. The third-order valence-corrected chi connectivity index (χ3v) is 2.92. The van der Waals surface area contributed by atoms with E-state index in [2.05, 4.69) is 0 Å². The first-order chi connectivity index (χ1) is 5.84. The maximum absolute atomic E-state index is 12.3. The second-order valence-electron chi connectivity index (χ2n) is 2.32. The normalized spacial score (nSPS) is 11.8. The zero-order valence-corrected chi connectivity index (χ0v) is 9.04. The van der Waals surface area contributed by atoms with Gasteiger partial charge in [0, 0.05) is 3.57 Å². The Morgan fingerprint density at radius 1 is 1.31 bits per heavy atom. The van der Waals surface area contributed by atoms with Gasteiger partial charge in [-0.1, -0.05) is 11.6 Å². The third-order valence-electron chi connectivity index (χ3n) is 1.43. The maximum atomic E-state index is 12.3. The van der Waals surface area contributed by atoms with Crippen LogP contribution in [-0.2, 0) is 6.18 Å². The molecule has 0 radical (unpaired) electrons. The fourth-order valence-corrected chi connectivity index (χ4v) is 1.88. The van der Waals surface area contributed by atoms with Crippen LogP contribution in [0.1, 0.15) is 5.56 Å². The Balaban J connectivity index is 3.35. The molecular weight excluding hydrogens is 317 g/mol. The number of hydrogen-bond acceptors (Lipinski definition) is 1. The van der Waals surface area contributed by atoms with Crippen LogP contribution in [0.3, 0.4) is 0 Å². The predicted molar refractivity (Wildman–Crippen MR) is 53.6 cm³/mol. The lowest BCUT2D eigenvalue weighted by Crippen LogP contribution is -2.09. The Labute approximate surface area is 91.2 Å². The molecule has 0 saturated heterocycles. The smallest absolute Gasteiger partial charge is 0.397 e. The summed E-state index contributed by atoms with van der Waals surface area (Å²) in [5.74, 6) is 0. The maximum Gasteiger partial charge on any atom is 0.417 e. The van der Waals surface area contributed by atoms with Crippen molar-refractivity contribution < 1.29 is 13.2 Å². The molecule has 0 aliphatic rings. The van der Waals surface area contributed by atoms with Gasteiger partial charge in [-0.3, -0.25) is 0 Å². The summed E-state index contributed by atoms with van der Waals surface area (Å²) in [6, 6.07) is 2.06. The number of halogens is 5. The number of nitrogens with two attached hydrogens (primary N) is 1. The summed E-state index contributed by atoms with van der Waals surface area (Å²) in [6.45, 7) is 0. The molecule has 0 spiro atoms. The van der Waals surface area contributed by atoms with E-state index in [0.717, 1.165) is 12.1 Å². The SMILES string of the molecule is Nc1c(Cl)ccc(C(F)(F)F)c1I. The van der Waals surface area contributed by atoms with Gasteiger partial charge in [-0.25, -0.2) is 0 Å². The van der Waals surface area contributed by atoms with Crippen molar-refractivity contribution in [2.75, 3.05) is 5.73 Å². The number of alkyl halides is 3. The first-order valence-corrected chi connectivity index (χ1v) is 4.60. The minimum absolute atomic E-state index is 0.0305. The molecule has 1 aromatic rings. The summed E-state index contributed by atoms with van der Waals surface area (Å²) in [5.41, 5.74) is 4.55. The third kappa shape index (κ3) is 2.19. The van der Waals surface area contributed by atoms with Crippen LogP contribution in [0.2, 0.25) is 5.02 Å². The lowest BCUT2D eigenvalue weighted by atomic mass is 10.2. The molecule has 1 rings (SSSR count).